The van der Waals surface area contributed by atoms with E-state index < -0.39 is 94.5 Å². The fourth-order valence-corrected chi connectivity index (χ4v) is 21.0. The molecule has 1 saturated heterocycles. The first-order valence-electron chi connectivity index (χ1n) is 38.6. The molecule has 0 spiro atoms. The van der Waals surface area contributed by atoms with Crippen LogP contribution in [0.4, 0.5) is 26.3 Å². The number of carbonyl (C=O) groups is 2. The van der Waals surface area contributed by atoms with Gasteiger partial charge in [-0.05, 0) is 220 Å². The Morgan fingerprint density at radius 2 is 0.992 bits per heavy atom. The van der Waals surface area contributed by atoms with Gasteiger partial charge >= 0.3 is 54.4 Å². The summed E-state index contributed by atoms with van der Waals surface area (Å²) in [7, 11) is -11.7. The van der Waals surface area contributed by atoms with Crippen molar-refractivity contribution in [3.8, 4) is 0 Å². The second kappa shape index (κ2) is 37.3. The van der Waals surface area contributed by atoms with Crippen LogP contribution < -0.4 is 11.3 Å². The number of aliphatic hydroxyl groups excluding tert-OH is 1. The molecule has 0 amide bonds. The number of nitrogens with zero attached hydrogens (tertiary/aromatic N) is 6. The van der Waals surface area contributed by atoms with E-state index in [1.165, 1.54) is 23.3 Å². The average molecular weight is 1810 g/mol. The summed E-state index contributed by atoms with van der Waals surface area (Å²) < 4.78 is 153. The van der Waals surface area contributed by atoms with E-state index >= 15 is 0 Å². The molecule has 9 aliphatic carbocycles. The Morgan fingerprint density at radius 1 is 0.568 bits per heavy atom. The minimum atomic E-state index is -5.84. The predicted octanol–water partition coefficient (Wildman–Crippen LogP) is 17.1. The molecule has 0 bridgehead atoms. The molecule has 644 valence electrons. The summed E-state index contributed by atoms with van der Waals surface area (Å²) in [6.07, 6.45) is 20.9. The number of hydrogen-bond donors (Lipinski definition) is 6. The molecular weight excluding hydrogens is 1720 g/mol. The van der Waals surface area contributed by atoms with E-state index in [1.54, 1.807) is 61.9 Å². The Kier molecular flexibility index (Phi) is 30.2. The number of fused-ring (bicyclic) bond motifs is 10. The topological polar surface area (TPSA) is 432 Å². The number of allylic oxidation sites excluding steroid dienone is 2. The minimum Gasteiger partial charge on any atom is -0.456 e. The molecular formula is C79H96Cl3F6N7O20S2Zn. The van der Waals surface area contributed by atoms with Gasteiger partial charge < -0.3 is 47.8 Å². The zero-order chi connectivity index (χ0) is 86.0. The fourth-order valence-electron chi connectivity index (χ4n) is 20.8. The van der Waals surface area contributed by atoms with Crippen LogP contribution in [0.1, 0.15) is 201 Å². The SMILES string of the molecule is C[C@@H]1[C@@H](N=[N+]=[N-])COC(OC(=N)C(Cl)(Cl)Cl)[C@H]1OC(=O)c1ccccc1.C[C@H]1[C@@H](N=[N+]=[N-])CCC(O[C@@H]2C=C3CCC4C(CC[C@]5(C)[C@@H](c6ccc(=O)oc6)CC[C@]45O)[C@@]3(C)CC2)[C@H]1OC(=O)c1ccccc1.C[C@]12CC[C@H](O)C=C1CCC1C2CC[C@]2(C)[C@@H](c3ccc(=O)oc3)CC[C@]12O.O=S(=O)(O)C(F)(F)F.O=S(=O)(O)C(F)(F)F.[Zn]. The second-order valence-electron chi connectivity index (χ2n) is 33.1. The van der Waals surface area contributed by atoms with Gasteiger partial charge in [0.15, 0.2) is 6.10 Å². The van der Waals surface area contributed by atoms with Crippen molar-refractivity contribution in [2.24, 2.45) is 67.4 Å². The maximum absolute atomic E-state index is 13.1. The normalized spacial score (nSPS) is 35.2. The molecule has 2 aromatic carbocycles. The summed E-state index contributed by atoms with van der Waals surface area (Å²) in [6, 6.07) is 23.2. The van der Waals surface area contributed by atoms with E-state index in [1.807, 2.05) is 37.3 Å². The number of benzene rings is 2. The third-order valence-electron chi connectivity index (χ3n) is 27.2. The minimum absolute atomic E-state index is 0. The molecule has 6 unspecified atom stereocenters. The van der Waals surface area contributed by atoms with Crippen molar-refractivity contribution in [3.63, 3.8) is 0 Å². The number of hydrogen-bond acceptors (Lipinski definition) is 21. The van der Waals surface area contributed by atoms with Gasteiger partial charge in [-0.2, -0.15) is 43.2 Å². The van der Waals surface area contributed by atoms with E-state index in [4.69, 9.17) is 110 Å². The van der Waals surface area contributed by atoms with Crippen molar-refractivity contribution >= 4 is 72.9 Å². The first kappa shape index (κ1) is 95.4. The molecule has 10 aliphatic rings. The van der Waals surface area contributed by atoms with Crippen LogP contribution in [0.2, 0.25) is 0 Å². The zero-order valence-electron chi connectivity index (χ0n) is 65.5. The number of aliphatic hydroxyl groups is 3. The molecule has 4 aromatic rings. The van der Waals surface area contributed by atoms with Gasteiger partial charge in [-0.3, -0.25) is 14.5 Å². The van der Waals surface area contributed by atoms with Crippen LogP contribution in [0.25, 0.3) is 20.9 Å². The monoisotopic (exact) mass is 1810 g/mol. The molecule has 118 heavy (non-hydrogen) atoms. The molecule has 1 aliphatic heterocycles. The summed E-state index contributed by atoms with van der Waals surface area (Å²) in [4.78, 5) is 54.4. The molecule has 2 aromatic heterocycles. The van der Waals surface area contributed by atoms with Crippen LogP contribution in [0.3, 0.4) is 0 Å². The predicted molar refractivity (Wildman–Crippen MR) is 415 cm³/mol. The van der Waals surface area contributed by atoms with Gasteiger partial charge in [0.2, 0.25) is 12.2 Å². The number of ether oxygens (including phenoxy) is 5. The van der Waals surface area contributed by atoms with Crippen LogP contribution in [0.15, 0.2) is 149 Å². The Bertz CT molecular complexity index is 4710. The Balaban J connectivity index is 0.000000192. The third-order valence-corrected chi connectivity index (χ3v) is 28.9. The van der Waals surface area contributed by atoms with Gasteiger partial charge in [-0.25, -0.2) is 19.2 Å². The molecule has 0 radical (unpaired) electrons. The average Bonchev–Trinajstić information content (AvgIpc) is 1.42. The maximum Gasteiger partial charge on any atom is 0.522 e. The van der Waals surface area contributed by atoms with E-state index in [0.29, 0.717) is 41.7 Å². The number of rotatable bonds is 11. The molecule has 27 nitrogen and oxygen atoms in total. The van der Waals surface area contributed by atoms with Crippen molar-refractivity contribution in [2.75, 3.05) is 6.61 Å². The van der Waals surface area contributed by atoms with Crippen LogP contribution in [-0.4, -0.2) is 141 Å². The van der Waals surface area contributed by atoms with Gasteiger partial charge in [0.05, 0.1) is 65.8 Å². The van der Waals surface area contributed by atoms with Crippen LogP contribution in [-0.2, 0) is 63.4 Å². The van der Waals surface area contributed by atoms with Gasteiger partial charge in [0.25, 0.3) is 3.79 Å². The zero-order valence-corrected chi connectivity index (χ0v) is 72.4. The molecule has 8 fully saturated rings. The number of nitrogens with one attached hydrogen (secondary N) is 1. The van der Waals surface area contributed by atoms with Crippen LogP contribution in [0.5, 0.6) is 0 Å². The molecule has 39 heteroatoms. The second-order valence-corrected chi connectivity index (χ2v) is 38.2. The number of halogens is 9. The molecule has 6 N–H and O–H groups in total. The number of azide groups is 2. The summed E-state index contributed by atoms with van der Waals surface area (Å²) in [5.74, 6) is -0.493. The van der Waals surface area contributed by atoms with Crippen molar-refractivity contribution in [1.82, 2.24) is 0 Å². The Hall–Kier alpha value is -6.46. The van der Waals surface area contributed by atoms with Crippen molar-refractivity contribution in [3.05, 3.63) is 185 Å². The first-order chi connectivity index (χ1) is 54.6. The number of carbonyl (C=O) groups excluding carboxylic acids is 2. The van der Waals surface area contributed by atoms with Gasteiger partial charge in [-0.15, -0.1) is 0 Å². The summed E-state index contributed by atoms with van der Waals surface area (Å²) in [5.41, 5.74) is 10.1. The molecule has 3 heterocycles. The smallest absolute Gasteiger partial charge is 0.456 e. The van der Waals surface area contributed by atoms with Crippen molar-refractivity contribution in [1.29, 1.82) is 5.41 Å². The summed E-state index contributed by atoms with van der Waals surface area (Å²) >= 11 is 16.9. The number of alkyl halides is 9. The standard InChI is InChI=1S/C38H47N3O6.C24H32O4.C15H15Cl3N4O4.2CHF3O3S.Zn/c1-23-31(40-41-39)12-13-32(34(23)47-35(43)24-7-5-4-6-8-24)46-27-15-18-36(2)26(21-27)10-11-30-29(36)16-19-37(3)28(17-20-38(30,37)44)25-9-14-33(42)45-22-25;1-22-10-7-17(25)13-16(22)4-5-20-19(22)8-11-23(2)18(9-12-24(20,23)27)15-3-6-21(26)28-14-15;1-8-10(21-22-20)7-24-13(26-14(19)15(16,17)18)11(8)25-12(23)9-5-3-2-4-6-9;2*2-1(3,4)8(5,6)7;/h4-9,14,21-23,27-32,34,44H,10-13,15-20H2,1-3H3;3,6,13-14,17-20,25,27H,4-5,7-12H2,1-2H3;2-6,8,10-11,13,19H,7H2,1H3;2*(H,5,6,7);/t23-,27-,28+,29?,30?,31-,32?,34-,36-,37+,38-;17-,18+,19?,20?,22-,23+,24-;8-,10+,11+,13?;;;/m001.../s1. The largest absolute Gasteiger partial charge is 0.522 e. The quantitative estimate of drug-likeness (QED) is 0.00660. The molecule has 14 rings (SSSR count). The van der Waals surface area contributed by atoms with Gasteiger partial charge in [0.1, 0.15) is 6.10 Å². The van der Waals surface area contributed by atoms with E-state index in [-0.39, 0.29) is 107 Å². The Morgan fingerprint density at radius 3 is 1.42 bits per heavy atom. The van der Waals surface area contributed by atoms with Gasteiger partial charge in [0, 0.05) is 70.1 Å². The van der Waals surface area contributed by atoms with E-state index in [9.17, 15) is 60.8 Å². The van der Waals surface area contributed by atoms with Crippen LogP contribution in [0, 0.1) is 62.6 Å². The molecule has 7 saturated carbocycles. The third kappa shape index (κ3) is 20.1. The van der Waals surface area contributed by atoms with Crippen molar-refractivity contribution in [2.45, 2.75) is 244 Å². The molecule has 22 atom stereocenters. The Labute approximate surface area is 705 Å². The van der Waals surface area contributed by atoms with Crippen molar-refractivity contribution < 1.29 is 129 Å². The summed E-state index contributed by atoms with van der Waals surface area (Å²) in [5, 5.41) is 50.2. The van der Waals surface area contributed by atoms with E-state index in [0.717, 1.165) is 114 Å². The van der Waals surface area contributed by atoms with E-state index in [2.05, 4.69) is 59.9 Å². The number of esters is 2. The first-order valence-corrected chi connectivity index (χ1v) is 42.6. The van der Waals surface area contributed by atoms with Gasteiger partial charge in [-0.1, -0.05) is 146 Å². The maximum atomic E-state index is 13.1. The van der Waals surface area contributed by atoms with Crippen LogP contribution >= 0.6 is 34.8 Å². The summed E-state index contributed by atoms with van der Waals surface area (Å²) in [6.45, 7) is 13.0. The fraction of sp³-hybridized carbons (Fsp3) is 0.633.